The molecule has 25 heavy (non-hydrogen) atoms. The lowest BCUT2D eigenvalue weighted by molar-refractivity contribution is -0.152. The third kappa shape index (κ3) is 3.24. The average molecular weight is 347 g/mol. The van der Waals surface area contributed by atoms with Gasteiger partial charge < -0.3 is 14.4 Å². The van der Waals surface area contributed by atoms with Crippen molar-refractivity contribution in [2.75, 3.05) is 32.2 Å². The van der Waals surface area contributed by atoms with Crippen LogP contribution in [0.25, 0.3) is 0 Å². The van der Waals surface area contributed by atoms with E-state index in [1.807, 2.05) is 6.07 Å². The van der Waals surface area contributed by atoms with Gasteiger partial charge in [-0.1, -0.05) is 27.2 Å². The topological polar surface area (TPSA) is 64.5 Å². The Bertz CT molecular complexity index is 656. The van der Waals surface area contributed by atoms with Gasteiger partial charge in [-0.25, -0.2) is 9.97 Å². The summed E-state index contributed by atoms with van der Waals surface area (Å²) in [5, 5.41) is 0. The Morgan fingerprint density at radius 1 is 1.36 bits per heavy atom. The number of rotatable bonds is 4. The molecule has 1 aromatic heterocycles. The lowest BCUT2D eigenvalue weighted by Gasteiger charge is -2.26. The Morgan fingerprint density at radius 2 is 2.12 bits per heavy atom. The Kier molecular flexibility index (Phi) is 4.75. The van der Waals surface area contributed by atoms with Crippen molar-refractivity contribution in [3.05, 3.63) is 17.6 Å². The molecular weight excluding hydrogens is 318 g/mol. The van der Waals surface area contributed by atoms with Gasteiger partial charge in [0.1, 0.15) is 11.6 Å². The summed E-state index contributed by atoms with van der Waals surface area (Å²) in [6.07, 6.45) is 3.08. The zero-order chi connectivity index (χ0) is 18.2. The first-order chi connectivity index (χ1) is 11.8. The summed E-state index contributed by atoms with van der Waals surface area (Å²) < 4.78 is 10.4. The molecule has 2 fully saturated rings. The van der Waals surface area contributed by atoms with E-state index in [2.05, 4.69) is 30.7 Å². The van der Waals surface area contributed by atoms with Crippen molar-refractivity contribution in [1.29, 1.82) is 0 Å². The summed E-state index contributed by atoms with van der Waals surface area (Å²) in [5.74, 6) is 1.98. The van der Waals surface area contributed by atoms with E-state index >= 15 is 0 Å². The van der Waals surface area contributed by atoms with Crippen LogP contribution in [0.3, 0.4) is 0 Å². The van der Waals surface area contributed by atoms with Crippen LogP contribution in [0.4, 0.5) is 5.82 Å². The second kappa shape index (κ2) is 6.56. The van der Waals surface area contributed by atoms with Crippen molar-refractivity contribution in [2.45, 2.75) is 52.1 Å². The predicted molar refractivity (Wildman–Crippen MR) is 95.4 cm³/mol. The van der Waals surface area contributed by atoms with Crippen LogP contribution in [-0.2, 0) is 26.3 Å². The highest BCUT2D eigenvalue weighted by atomic mass is 16.5. The number of carbonyl (C=O) groups is 1. The third-order valence-electron chi connectivity index (χ3n) is 5.52. The van der Waals surface area contributed by atoms with Crippen LogP contribution in [0.15, 0.2) is 6.07 Å². The number of anilines is 1. The molecule has 1 saturated heterocycles. The van der Waals surface area contributed by atoms with Gasteiger partial charge in [0.05, 0.1) is 24.8 Å². The van der Waals surface area contributed by atoms with Crippen LogP contribution in [0.1, 0.15) is 51.6 Å². The van der Waals surface area contributed by atoms with Gasteiger partial charge in [-0.05, 0) is 18.8 Å². The molecule has 0 N–H and O–H groups in total. The molecule has 0 bridgehead atoms. The van der Waals surface area contributed by atoms with E-state index in [4.69, 9.17) is 14.5 Å². The Hall–Kier alpha value is -1.69. The molecule has 1 saturated carbocycles. The summed E-state index contributed by atoms with van der Waals surface area (Å²) in [4.78, 5) is 24.2. The molecule has 0 aromatic carbocycles. The van der Waals surface area contributed by atoms with Crippen LogP contribution in [0.5, 0.6) is 0 Å². The molecule has 6 nitrogen and oxygen atoms in total. The summed E-state index contributed by atoms with van der Waals surface area (Å²) in [6.45, 7) is 8.31. The highest BCUT2D eigenvalue weighted by Crippen LogP contribution is 2.50. The molecule has 1 aliphatic carbocycles. The SMILES string of the molecule is COCc1cc(N2CC3CCCC3(C(=O)OC)C2)nc(C(C)(C)C)n1. The molecule has 2 unspecified atom stereocenters. The molecule has 0 amide bonds. The van der Waals surface area contributed by atoms with Crippen molar-refractivity contribution in [1.82, 2.24) is 9.97 Å². The molecule has 1 aliphatic heterocycles. The number of carbonyl (C=O) groups excluding carboxylic acids is 1. The highest BCUT2D eigenvalue weighted by Gasteiger charge is 2.55. The zero-order valence-electron chi connectivity index (χ0n) is 16.0. The Balaban J connectivity index is 1.94. The molecule has 2 aliphatic rings. The number of esters is 1. The number of aromatic nitrogens is 2. The Labute approximate surface area is 149 Å². The van der Waals surface area contributed by atoms with Crippen molar-refractivity contribution in [3.63, 3.8) is 0 Å². The van der Waals surface area contributed by atoms with Gasteiger partial charge in [-0.15, -0.1) is 0 Å². The number of methoxy groups -OCH3 is 2. The molecule has 138 valence electrons. The van der Waals surface area contributed by atoms with Gasteiger partial charge in [0.15, 0.2) is 0 Å². The van der Waals surface area contributed by atoms with Gasteiger partial charge in [0.2, 0.25) is 0 Å². The fourth-order valence-electron chi connectivity index (χ4n) is 4.20. The predicted octanol–water partition coefficient (Wildman–Crippen LogP) is 2.70. The minimum Gasteiger partial charge on any atom is -0.469 e. The minimum atomic E-state index is -0.372. The third-order valence-corrected chi connectivity index (χ3v) is 5.52. The maximum atomic E-state index is 12.5. The van der Waals surface area contributed by atoms with Crippen LogP contribution >= 0.6 is 0 Å². The monoisotopic (exact) mass is 347 g/mol. The molecule has 6 heteroatoms. The maximum Gasteiger partial charge on any atom is 0.313 e. The standard InChI is InChI=1S/C19H29N3O3/c1-18(2,3)16-20-14(11-24-4)9-15(21-16)22-10-13-7-6-8-19(13,12-22)17(23)25-5/h9,13H,6-8,10-12H2,1-5H3. The van der Waals surface area contributed by atoms with Crippen LogP contribution in [0, 0.1) is 11.3 Å². The molecular formula is C19H29N3O3. The van der Waals surface area contributed by atoms with E-state index in [1.54, 1.807) is 7.11 Å². The first-order valence-corrected chi connectivity index (χ1v) is 9.01. The Morgan fingerprint density at radius 3 is 2.76 bits per heavy atom. The quantitative estimate of drug-likeness (QED) is 0.780. The number of hydrogen-bond donors (Lipinski definition) is 0. The second-order valence-electron chi connectivity index (χ2n) is 8.34. The smallest absolute Gasteiger partial charge is 0.313 e. The van der Waals surface area contributed by atoms with Gasteiger partial charge in [-0.2, -0.15) is 0 Å². The maximum absolute atomic E-state index is 12.5. The largest absolute Gasteiger partial charge is 0.469 e. The fraction of sp³-hybridized carbons (Fsp3) is 0.737. The average Bonchev–Trinajstić information content (AvgIpc) is 3.11. The van der Waals surface area contributed by atoms with E-state index in [9.17, 15) is 4.79 Å². The zero-order valence-corrected chi connectivity index (χ0v) is 16.0. The summed E-state index contributed by atoms with van der Waals surface area (Å²) in [7, 11) is 3.17. The lowest BCUT2D eigenvalue weighted by atomic mass is 9.81. The van der Waals surface area contributed by atoms with E-state index in [-0.39, 0.29) is 16.8 Å². The van der Waals surface area contributed by atoms with Gasteiger partial charge in [0.25, 0.3) is 0 Å². The van der Waals surface area contributed by atoms with E-state index in [0.717, 1.165) is 43.1 Å². The normalized spacial score (nSPS) is 26.0. The molecule has 2 atom stereocenters. The van der Waals surface area contributed by atoms with Crippen molar-refractivity contribution >= 4 is 11.8 Å². The molecule has 0 spiro atoms. The minimum absolute atomic E-state index is 0.0697. The molecule has 2 heterocycles. The van der Waals surface area contributed by atoms with E-state index < -0.39 is 0 Å². The summed E-state index contributed by atoms with van der Waals surface area (Å²) >= 11 is 0. The van der Waals surface area contributed by atoms with Crippen LogP contribution in [-0.4, -0.2) is 43.2 Å². The van der Waals surface area contributed by atoms with Crippen LogP contribution in [0.2, 0.25) is 0 Å². The lowest BCUT2D eigenvalue weighted by Crippen LogP contribution is -2.37. The van der Waals surface area contributed by atoms with Gasteiger partial charge in [0, 0.05) is 31.7 Å². The first kappa shape index (κ1) is 18.1. The number of nitrogens with zero attached hydrogens (tertiary/aromatic N) is 3. The molecule has 1 aromatic rings. The van der Waals surface area contributed by atoms with Crippen molar-refractivity contribution in [2.24, 2.45) is 11.3 Å². The fourth-order valence-corrected chi connectivity index (χ4v) is 4.20. The summed E-state index contributed by atoms with van der Waals surface area (Å²) in [6, 6.07) is 1.99. The second-order valence-corrected chi connectivity index (χ2v) is 8.34. The van der Waals surface area contributed by atoms with Crippen LogP contribution < -0.4 is 4.90 Å². The van der Waals surface area contributed by atoms with Crippen molar-refractivity contribution < 1.29 is 14.3 Å². The van der Waals surface area contributed by atoms with E-state index in [0.29, 0.717) is 19.1 Å². The number of fused-ring (bicyclic) bond motifs is 1. The van der Waals surface area contributed by atoms with E-state index in [1.165, 1.54) is 7.11 Å². The molecule has 3 rings (SSSR count). The van der Waals surface area contributed by atoms with Gasteiger partial charge in [-0.3, -0.25) is 4.79 Å². The summed E-state index contributed by atoms with van der Waals surface area (Å²) in [5.41, 5.74) is 0.360. The first-order valence-electron chi connectivity index (χ1n) is 9.01. The van der Waals surface area contributed by atoms with Gasteiger partial charge >= 0.3 is 5.97 Å². The number of ether oxygens (including phenoxy) is 2. The highest BCUT2D eigenvalue weighted by molar-refractivity contribution is 5.79. The number of hydrogen-bond acceptors (Lipinski definition) is 6. The molecule has 0 radical (unpaired) electrons. The van der Waals surface area contributed by atoms with Crippen molar-refractivity contribution in [3.8, 4) is 0 Å².